The molecule has 248 valence electrons. The summed E-state index contributed by atoms with van der Waals surface area (Å²) in [6.07, 6.45) is 3.18. The van der Waals surface area contributed by atoms with E-state index < -0.39 is 10.4 Å². The van der Waals surface area contributed by atoms with Gasteiger partial charge in [0.2, 0.25) is 12.6 Å². The molecule has 2 N–H and O–H groups in total. The van der Waals surface area contributed by atoms with Gasteiger partial charge in [-0.2, -0.15) is 28.8 Å². The first-order valence-electron chi connectivity index (χ1n) is 14.5. The summed E-state index contributed by atoms with van der Waals surface area (Å²) in [6, 6.07) is 16.3. The highest BCUT2D eigenvalue weighted by molar-refractivity contribution is 7.79. The quantitative estimate of drug-likeness (QED) is 0.270. The molecular weight excluding hydrogens is 600 g/mol. The van der Waals surface area contributed by atoms with E-state index in [-0.39, 0.29) is 12.6 Å². The Morgan fingerprint density at radius 1 is 0.644 bits per heavy atom. The average molecular weight is 647 g/mol. The number of nitrogens with zero attached hydrogens (tertiary/aromatic N) is 12. The minimum Gasteiger partial charge on any atom is -0.372 e. The molecule has 2 unspecified atom stereocenters. The van der Waals surface area contributed by atoms with E-state index in [0.29, 0.717) is 0 Å². The van der Waals surface area contributed by atoms with Gasteiger partial charge in [0, 0.05) is 65.7 Å². The fourth-order valence-corrected chi connectivity index (χ4v) is 4.28. The molecule has 2 aliphatic rings. The molecule has 0 fully saturated rings. The molecule has 0 aliphatic carbocycles. The van der Waals surface area contributed by atoms with Crippen molar-refractivity contribution in [2.45, 2.75) is 40.3 Å². The van der Waals surface area contributed by atoms with Crippen molar-refractivity contribution in [2.24, 2.45) is 30.7 Å². The normalized spacial score (nSPS) is 17.6. The number of hydrazone groups is 2. The molecule has 0 aromatic heterocycles. The van der Waals surface area contributed by atoms with Crippen molar-refractivity contribution in [1.29, 1.82) is 0 Å². The molecule has 2 aromatic carbocycles. The number of hydrogen-bond acceptors (Lipinski definition) is 14. The second-order valence-electron chi connectivity index (χ2n) is 9.89. The summed E-state index contributed by atoms with van der Waals surface area (Å²) in [5.74, 6) is 0. The predicted molar refractivity (Wildman–Crippen MR) is 179 cm³/mol. The first-order chi connectivity index (χ1) is 21.3. The molecule has 2 aliphatic heterocycles. The Labute approximate surface area is 266 Å². The summed E-state index contributed by atoms with van der Waals surface area (Å²) in [5, 5.41) is 29.0. The summed E-state index contributed by atoms with van der Waals surface area (Å²) < 4.78 is 31.6. The zero-order valence-corrected chi connectivity index (χ0v) is 28.1. The second kappa shape index (κ2) is 17.8. The van der Waals surface area contributed by atoms with E-state index in [9.17, 15) is 0 Å². The molecule has 45 heavy (non-hydrogen) atoms. The van der Waals surface area contributed by atoms with E-state index in [2.05, 4.69) is 92.4 Å². The van der Waals surface area contributed by atoms with Gasteiger partial charge in [-0.15, -0.1) is 10.2 Å². The largest absolute Gasteiger partial charge is 0.394 e. The van der Waals surface area contributed by atoms with Gasteiger partial charge in [-0.05, 0) is 76.2 Å². The molecule has 2 aromatic rings. The van der Waals surface area contributed by atoms with Crippen LogP contribution in [0.2, 0.25) is 0 Å². The van der Waals surface area contributed by atoms with Gasteiger partial charge in [-0.25, -0.2) is 0 Å². The highest BCUT2D eigenvalue weighted by Crippen LogP contribution is 2.22. The molecule has 0 bridgehead atoms. The number of benzene rings is 2. The Balaban J connectivity index is 0.000000273. The van der Waals surface area contributed by atoms with E-state index in [1.54, 1.807) is 22.7 Å². The average Bonchev–Trinajstić information content (AvgIpc) is 3.51. The third kappa shape index (κ3) is 12.3. The maximum absolute atomic E-state index is 8.74. The van der Waals surface area contributed by atoms with Crippen LogP contribution in [0.5, 0.6) is 0 Å². The van der Waals surface area contributed by atoms with Crippen LogP contribution in [0.3, 0.4) is 0 Å². The van der Waals surface area contributed by atoms with Gasteiger partial charge in [-0.1, -0.05) is 0 Å². The highest BCUT2D eigenvalue weighted by Gasteiger charge is 2.21. The fraction of sp³-hybridized carbons (Fsp3) is 0.500. The van der Waals surface area contributed by atoms with Crippen LogP contribution in [-0.2, 0) is 10.4 Å². The second-order valence-corrected chi connectivity index (χ2v) is 10.8. The highest BCUT2D eigenvalue weighted by atomic mass is 32.3. The van der Waals surface area contributed by atoms with E-state index >= 15 is 0 Å². The molecule has 2 atom stereocenters. The van der Waals surface area contributed by atoms with Crippen LogP contribution in [0.15, 0.2) is 79.2 Å². The van der Waals surface area contributed by atoms with Gasteiger partial charge in [0.15, 0.2) is 0 Å². The van der Waals surface area contributed by atoms with Crippen LogP contribution >= 0.6 is 0 Å². The van der Waals surface area contributed by atoms with Gasteiger partial charge in [-0.3, -0.25) is 19.1 Å². The molecule has 4 rings (SSSR count). The van der Waals surface area contributed by atoms with Crippen LogP contribution < -0.4 is 9.80 Å². The zero-order valence-electron chi connectivity index (χ0n) is 27.2. The third-order valence-electron chi connectivity index (χ3n) is 6.74. The summed E-state index contributed by atoms with van der Waals surface area (Å²) in [7, 11) is 2.96. The lowest BCUT2D eigenvalue weighted by atomic mass is 10.2. The lowest BCUT2D eigenvalue weighted by Crippen LogP contribution is -2.32. The fourth-order valence-electron chi connectivity index (χ4n) is 4.28. The number of hydrogen-bond donors (Lipinski definition) is 2. The van der Waals surface area contributed by atoms with Crippen LogP contribution in [0.25, 0.3) is 0 Å². The Hall–Kier alpha value is -4.35. The number of rotatable bonds is 10. The maximum Gasteiger partial charge on any atom is 0.394 e. The number of azo groups is 2. The van der Waals surface area contributed by atoms with E-state index in [4.69, 9.17) is 17.5 Å². The van der Waals surface area contributed by atoms with Crippen molar-refractivity contribution in [3.8, 4) is 0 Å². The Morgan fingerprint density at radius 3 is 1.16 bits per heavy atom. The summed E-state index contributed by atoms with van der Waals surface area (Å²) in [5.41, 5.74) is 4.14. The van der Waals surface area contributed by atoms with Crippen molar-refractivity contribution in [3.05, 3.63) is 48.5 Å². The van der Waals surface area contributed by atoms with Gasteiger partial charge in [0.25, 0.3) is 0 Å². The van der Waals surface area contributed by atoms with Gasteiger partial charge in [0.1, 0.15) is 12.7 Å². The first-order valence-corrected chi connectivity index (χ1v) is 15.9. The van der Waals surface area contributed by atoms with Crippen molar-refractivity contribution >= 4 is 45.8 Å². The van der Waals surface area contributed by atoms with Gasteiger partial charge < -0.3 is 19.6 Å². The smallest absolute Gasteiger partial charge is 0.372 e. The van der Waals surface area contributed by atoms with Crippen molar-refractivity contribution < 1.29 is 17.5 Å². The van der Waals surface area contributed by atoms with Crippen LogP contribution in [0.1, 0.15) is 27.7 Å². The number of anilines is 2. The first kappa shape index (κ1) is 36.8. The zero-order chi connectivity index (χ0) is 33.6. The van der Waals surface area contributed by atoms with Crippen LogP contribution in [0, 0.1) is 0 Å². The lowest BCUT2D eigenvalue weighted by molar-refractivity contribution is 0.183. The summed E-state index contributed by atoms with van der Waals surface area (Å²) in [4.78, 5) is 8.42. The topological polar surface area (TPSA) is 168 Å². The Kier molecular flexibility index (Phi) is 14.6. The van der Waals surface area contributed by atoms with Crippen molar-refractivity contribution in [1.82, 2.24) is 19.8 Å². The Bertz CT molecular complexity index is 1260. The molecule has 0 saturated heterocycles. The van der Waals surface area contributed by atoms with Crippen molar-refractivity contribution in [2.75, 3.05) is 64.2 Å². The standard InChI is InChI=1S/2C14H22N6.H2O4S/c2*1-5-20(6-2)13-9-7-12(8-10-13)16-17-14-18(3)11-15-19(14)4;1-5(2,3)4/h2*7-11,14H,5-6H2,1-4H3;(H2,1,2,3,4). The summed E-state index contributed by atoms with van der Waals surface area (Å²) in [6.45, 7) is 12.6. The molecular formula is C28H46N12O4S. The maximum atomic E-state index is 8.74. The monoisotopic (exact) mass is 646 g/mol. The van der Waals surface area contributed by atoms with Crippen LogP contribution in [0.4, 0.5) is 22.7 Å². The van der Waals surface area contributed by atoms with Crippen molar-refractivity contribution in [3.63, 3.8) is 0 Å². The molecule has 17 heteroatoms. The molecule has 16 nitrogen and oxygen atoms in total. The lowest BCUT2D eigenvalue weighted by Gasteiger charge is -2.21. The molecule has 0 amide bonds. The molecule has 2 heterocycles. The van der Waals surface area contributed by atoms with E-state index in [1.807, 2.05) is 62.3 Å². The van der Waals surface area contributed by atoms with E-state index in [0.717, 1.165) is 37.6 Å². The molecule has 0 saturated carbocycles. The van der Waals surface area contributed by atoms with Gasteiger partial charge >= 0.3 is 10.4 Å². The Morgan fingerprint density at radius 2 is 0.933 bits per heavy atom. The third-order valence-corrected chi connectivity index (χ3v) is 6.74. The van der Waals surface area contributed by atoms with Crippen LogP contribution in [-0.4, -0.2) is 117 Å². The minimum absolute atomic E-state index is 0.155. The SMILES string of the molecule is CCN(CC)c1ccc(N=NC2N(C)C=NN2C)cc1.CCN(CC)c1ccc(N=NC2N(C)C=NN2C)cc1.O=S(=O)(O)O. The minimum atomic E-state index is -4.67. The molecule has 0 spiro atoms. The van der Waals surface area contributed by atoms with Gasteiger partial charge in [0.05, 0.1) is 11.4 Å². The summed E-state index contributed by atoms with van der Waals surface area (Å²) >= 11 is 0. The van der Waals surface area contributed by atoms with E-state index in [1.165, 1.54) is 11.4 Å². The predicted octanol–water partition coefficient (Wildman–Crippen LogP) is 4.79. The molecule has 0 radical (unpaired) electrons.